The zero-order valence-corrected chi connectivity index (χ0v) is 24.2. The Morgan fingerprint density at radius 2 is 1.79 bits per heavy atom. The lowest BCUT2D eigenvalue weighted by molar-refractivity contribution is 0.100. The van der Waals surface area contributed by atoms with Crippen LogP contribution in [-0.2, 0) is 16.3 Å². The van der Waals surface area contributed by atoms with Crippen molar-refractivity contribution >= 4 is 15.7 Å². The summed E-state index contributed by atoms with van der Waals surface area (Å²) in [4.78, 5) is 27.8. The summed E-state index contributed by atoms with van der Waals surface area (Å²) in [5.74, 6) is -3.05. The first-order valence-corrected chi connectivity index (χ1v) is 14.9. The molecule has 0 spiro atoms. The highest BCUT2D eigenvalue weighted by molar-refractivity contribution is 7.91. The molecule has 9 nitrogen and oxygen atoms in total. The number of unbranched alkanes of at least 4 members (excludes halogenated alkanes) is 1. The molecule has 1 aromatic heterocycles. The van der Waals surface area contributed by atoms with Crippen LogP contribution in [0.2, 0.25) is 0 Å². The maximum Gasteiger partial charge on any atom is 0.296 e. The van der Waals surface area contributed by atoms with Crippen molar-refractivity contribution in [2.24, 2.45) is 5.73 Å². The number of rotatable bonds is 10. The van der Waals surface area contributed by atoms with Crippen LogP contribution in [0.15, 0.2) is 75.2 Å². The molecule has 1 unspecified atom stereocenters. The van der Waals surface area contributed by atoms with Gasteiger partial charge in [-0.1, -0.05) is 44.5 Å². The zero-order valence-electron chi connectivity index (χ0n) is 23.3. The molecule has 43 heavy (non-hydrogen) atoms. The van der Waals surface area contributed by atoms with Gasteiger partial charge in [0, 0.05) is 12.0 Å². The van der Waals surface area contributed by atoms with Crippen LogP contribution in [0, 0.1) is 23.0 Å². The molecule has 0 saturated heterocycles. The number of carbonyl (C=O) groups is 1. The van der Waals surface area contributed by atoms with Crippen molar-refractivity contribution in [1.29, 1.82) is 5.26 Å². The Balaban J connectivity index is 1.87. The molecule has 0 aliphatic carbocycles. The molecule has 3 N–H and O–H groups in total. The molecule has 4 aromatic rings. The summed E-state index contributed by atoms with van der Waals surface area (Å²) in [5.41, 5.74) is 4.91. The maximum atomic E-state index is 14.6. The number of sulfone groups is 1. The zero-order chi connectivity index (χ0) is 31.5. The lowest BCUT2D eigenvalue weighted by Crippen LogP contribution is -2.27. The first-order valence-electron chi connectivity index (χ1n) is 13.4. The molecule has 0 aliphatic heterocycles. The summed E-state index contributed by atoms with van der Waals surface area (Å²) in [6.45, 7) is 3.65. The van der Waals surface area contributed by atoms with Crippen molar-refractivity contribution < 1.29 is 27.1 Å². The molecule has 222 valence electrons. The number of hydrogen-bond donors (Lipinski definition) is 2. The molecule has 12 heteroatoms. The Morgan fingerprint density at radius 1 is 1.09 bits per heavy atom. The third-order valence-electron chi connectivity index (χ3n) is 7.08. The molecule has 0 bridgehead atoms. The maximum absolute atomic E-state index is 14.6. The number of primary amides is 1. The number of nitrogens with zero attached hydrogens (tertiary/aromatic N) is 3. The summed E-state index contributed by atoms with van der Waals surface area (Å²) in [5, 5.41) is 20.6. The molecule has 1 atom stereocenters. The summed E-state index contributed by atoms with van der Waals surface area (Å²) >= 11 is 0. The molecular formula is C31H28F2N4O5S. The Labute approximate surface area is 246 Å². The summed E-state index contributed by atoms with van der Waals surface area (Å²) in [6, 6.07) is 13.4. The minimum Gasteiger partial charge on any atom is -0.493 e. The van der Waals surface area contributed by atoms with Crippen molar-refractivity contribution in [3.63, 3.8) is 0 Å². The predicted molar refractivity (Wildman–Crippen MR) is 154 cm³/mol. The number of benzene rings is 3. The predicted octanol–water partition coefficient (Wildman–Crippen LogP) is 5.04. The van der Waals surface area contributed by atoms with E-state index in [1.54, 1.807) is 13.0 Å². The third-order valence-corrected chi connectivity index (χ3v) is 8.86. The second-order valence-electron chi connectivity index (χ2n) is 9.82. The van der Waals surface area contributed by atoms with Crippen molar-refractivity contribution in [3.05, 3.63) is 105 Å². The molecular weight excluding hydrogens is 578 g/mol. The minimum atomic E-state index is -4.65. The van der Waals surface area contributed by atoms with E-state index in [1.807, 2.05) is 6.92 Å². The van der Waals surface area contributed by atoms with Gasteiger partial charge in [0.1, 0.15) is 23.5 Å². The lowest BCUT2D eigenvalue weighted by atomic mass is 9.99. The fourth-order valence-corrected chi connectivity index (χ4v) is 6.27. The Morgan fingerprint density at radius 3 is 2.37 bits per heavy atom. The molecule has 1 heterocycles. The highest BCUT2D eigenvalue weighted by Gasteiger charge is 2.32. The van der Waals surface area contributed by atoms with Crippen LogP contribution in [0.4, 0.5) is 8.78 Å². The van der Waals surface area contributed by atoms with Gasteiger partial charge < -0.3 is 10.8 Å². The van der Waals surface area contributed by atoms with Gasteiger partial charge in [-0.2, -0.15) is 10.2 Å². The first-order chi connectivity index (χ1) is 20.4. The number of nitrogens with two attached hydrogens (primary N) is 1. The summed E-state index contributed by atoms with van der Waals surface area (Å²) in [7, 11) is -4.65. The van der Waals surface area contributed by atoms with Crippen LogP contribution in [0.25, 0.3) is 11.1 Å². The topological polar surface area (TPSA) is 156 Å². The third kappa shape index (κ3) is 6.03. The van der Waals surface area contributed by atoms with Gasteiger partial charge in [0.25, 0.3) is 5.56 Å². The SMILES string of the molecule is CCCCc1nc(=O)c(S(=O)(=O)c2ccc(-c3ccc(F)cc3C(N)=O)cc2)c(O)n1C(CC)c1ccc(C#N)c(F)c1. The number of halogens is 2. The lowest BCUT2D eigenvalue weighted by Gasteiger charge is -2.25. The van der Waals surface area contributed by atoms with Gasteiger partial charge in [0.2, 0.25) is 21.6 Å². The van der Waals surface area contributed by atoms with Gasteiger partial charge >= 0.3 is 0 Å². The van der Waals surface area contributed by atoms with Crippen molar-refractivity contribution in [2.75, 3.05) is 0 Å². The Hall–Kier alpha value is -4.89. The van der Waals surface area contributed by atoms with Gasteiger partial charge in [-0.05, 0) is 65.9 Å². The molecule has 3 aromatic carbocycles. The van der Waals surface area contributed by atoms with Crippen molar-refractivity contribution in [2.45, 2.75) is 55.4 Å². The van der Waals surface area contributed by atoms with E-state index in [1.165, 1.54) is 47.0 Å². The van der Waals surface area contributed by atoms with E-state index in [2.05, 4.69) is 4.98 Å². The monoisotopic (exact) mass is 606 g/mol. The van der Waals surface area contributed by atoms with Gasteiger partial charge in [-0.25, -0.2) is 17.2 Å². The van der Waals surface area contributed by atoms with E-state index in [0.717, 1.165) is 24.6 Å². The largest absolute Gasteiger partial charge is 0.493 e. The normalized spacial score (nSPS) is 12.1. The van der Waals surface area contributed by atoms with E-state index >= 15 is 0 Å². The standard InChI is InChI=1S/C31H28F2N4O5S/c1-3-5-6-27-36-30(39)28(31(40)37(27)26(4-2)19-7-8-20(17-34)25(33)15-19)43(41,42)22-12-9-18(10-13-22)23-14-11-21(32)16-24(23)29(35)38/h7-16,26,40H,3-6H2,1-2H3,(H2,35,38). The van der Waals surface area contributed by atoms with Crippen molar-refractivity contribution in [1.82, 2.24) is 9.55 Å². The average molecular weight is 607 g/mol. The van der Waals surface area contributed by atoms with Crippen LogP contribution < -0.4 is 11.3 Å². The molecule has 0 fully saturated rings. The summed E-state index contributed by atoms with van der Waals surface area (Å²) < 4.78 is 57.0. The van der Waals surface area contributed by atoms with Crippen LogP contribution in [0.1, 0.15) is 66.5 Å². The number of aromatic hydroxyl groups is 1. The van der Waals surface area contributed by atoms with Crippen molar-refractivity contribution in [3.8, 4) is 23.1 Å². The van der Waals surface area contributed by atoms with Gasteiger partial charge in [0.15, 0.2) is 4.90 Å². The highest BCUT2D eigenvalue weighted by atomic mass is 32.2. The van der Waals surface area contributed by atoms with E-state index in [0.29, 0.717) is 17.5 Å². The second kappa shape index (κ2) is 12.5. The Kier molecular flexibility index (Phi) is 9.06. The van der Waals surface area contributed by atoms with Crippen LogP contribution >= 0.6 is 0 Å². The molecule has 1 amide bonds. The van der Waals surface area contributed by atoms with E-state index in [4.69, 9.17) is 11.0 Å². The minimum absolute atomic E-state index is 0.104. The molecule has 0 aliphatic rings. The van der Waals surface area contributed by atoms with E-state index < -0.39 is 49.8 Å². The van der Waals surface area contributed by atoms with Crippen LogP contribution in [0.5, 0.6) is 5.88 Å². The van der Waals surface area contributed by atoms with E-state index in [-0.39, 0.29) is 40.3 Å². The van der Waals surface area contributed by atoms with Crippen LogP contribution in [0.3, 0.4) is 0 Å². The number of carbonyl (C=O) groups excluding carboxylic acids is 1. The van der Waals surface area contributed by atoms with Gasteiger partial charge in [0.05, 0.1) is 16.5 Å². The highest BCUT2D eigenvalue weighted by Crippen LogP contribution is 2.34. The number of nitriles is 1. The van der Waals surface area contributed by atoms with Gasteiger partial charge in [-0.3, -0.25) is 14.2 Å². The second-order valence-corrected chi connectivity index (χ2v) is 11.7. The smallest absolute Gasteiger partial charge is 0.296 e. The fourth-order valence-electron chi connectivity index (χ4n) is 4.92. The average Bonchev–Trinajstić information content (AvgIpc) is 2.97. The number of amides is 1. The first kappa shape index (κ1) is 31.1. The molecule has 0 radical (unpaired) electrons. The summed E-state index contributed by atoms with van der Waals surface area (Å²) in [6.07, 6.45) is 1.80. The Bertz CT molecular complexity index is 1920. The molecule has 4 rings (SSSR count). The number of aryl methyl sites for hydroxylation is 1. The quantitative estimate of drug-likeness (QED) is 0.256. The van der Waals surface area contributed by atoms with Gasteiger partial charge in [-0.15, -0.1) is 0 Å². The fraction of sp³-hybridized carbons (Fsp3) is 0.226. The van der Waals surface area contributed by atoms with E-state index in [9.17, 15) is 31.9 Å². The molecule has 0 saturated carbocycles. The number of aromatic nitrogens is 2. The van der Waals surface area contributed by atoms with Crippen LogP contribution in [-0.4, -0.2) is 29.0 Å². The number of hydrogen-bond acceptors (Lipinski definition) is 7.